The van der Waals surface area contributed by atoms with E-state index in [1.54, 1.807) is 18.5 Å². The molecule has 2 aromatic heterocycles. The Bertz CT molecular complexity index is 753. The van der Waals surface area contributed by atoms with Crippen LogP contribution in [-0.4, -0.2) is 20.4 Å². The van der Waals surface area contributed by atoms with E-state index in [-0.39, 0.29) is 11.7 Å². The lowest BCUT2D eigenvalue weighted by Crippen LogP contribution is -2.09. The third kappa shape index (κ3) is 2.42. The highest BCUT2D eigenvalue weighted by atomic mass is 19.1. The van der Waals surface area contributed by atoms with Crippen molar-refractivity contribution in [3.8, 4) is 0 Å². The lowest BCUT2D eigenvalue weighted by atomic mass is 10.1. The van der Waals surface area contributed by atoms with E-state index in [0.29, 0.717) is 24.1 Å². The summed E-state index contributed by atoms with van der Waals surface area (Å²) in [7, 11) is 0. The van der Waals surface area contributed by atoms with Gasteiger partial charge >= 0.3 is 0 Å². The summed E-state index contributed by atoms with van der Waals surface area (Å²) < 4.78 is 15.1. The van der Waals surface area contributed by atoms with Crippen LogP contribution in [0, 0.1) is 5.82 Å². The first-order valence-electron chi connectivity index (χ1n) is 6.29. The fourth-order valence-electron chi connectivity index (χ4n) is 2.06. The number of nitrogens with zero attached hydrogens (tertiary/aromatic N) is 3. The summed E-state index contributed by atoms with van der Waals surface area (Å²) in [5, 5.41) is 0.759. The van der Waals surface area contributed by atoms with Gasteiger partial charge in [-0.2, -0.15) is 0 Å². The lowest BCUT2D eigenvalue weighted by molar-refractivity contribution is 0.0902. The highest BCUT2D eigenvalue weighted by molar-refractivity contribution is 5.80. The van der Waals surface area contributed by atoms with Crippen LogP contribution in [-0.2, 0) is 6.42 Å². The van der Waals surface area contributed by atoms with Crippen molar-refractivity contribution in [2.24, 2.45) is 0 Å². The second kappa shape index (κ2) is 5.21. The van der Waals surface area contributed by atoms with Crippen LogP contribution in [0.1, 0.15) is 16.9 Å². The molecule has 0 unspecified atom stereocenters. The SMILES string of the molecule is O=C(CCc1ccc2cccc(F)c2n1)n1ccnc1. The van der Waals surface area contributed by atoms with E-state index in [1.807, 2.05) is 18.2 Å². The summed E-state index contributed by atoms with van der Waals surface area (Å²) in [6.07, 6.45) is 5.41. The number of carbonyl (C=O) groups is 1. The molecule has 100 valence electrons. The van der Waals surface area contributed by atoms with Crippen LogP contribution in [0.25, 0.3) is 10.9 Å². The van der Waals surface area contributed by atoms with Crippen molar-refractivity contribution in [1.82, 2.24) is 14.5 Å². The van der Waals surface area contributed by atoms with E-state index in [2.05, 4.69) is 9.97 Å². The van der Waals surface area contributed by atoms with Gasteiger partial charge in [-0.25, -0.2) is 14.4 Å². The van der Waals surface area contributed by atoms with E-state index in [9.17, 15) is 9.18 Å². The Kier molecular flexibility index (Phi) is 3.25. The quantitative estimate of drug-likeness (QED) is 0.734. The summed E-state index contributed by atoms with van der Waals surface area (Å²) in [6.45, 7) is 0. The van der Waals surface area contributed by atoms with Crippen molar-refractivity contribution in [1.29, 1.82) is 0 Å². The predicted molar refractivity (Wildman–Crippen MR) is 72.9 cm³/mol. The first-order valence-corrected chi connectivity index (χ1v) is 6.29. The van der Waals surface area contributed by atoms with Crippen LogP contribution < -0.4 is 0 Å². The molecule has 0 saturated heterocycles. The molecule has 0 aliphatic rings. The predicted octanol–water partition coefficient (Wildman–Crippen LogP) is 2.84. The normalized spacial score (nSPS) is 10.8. The van der Waals surface area contributed by atoms with E-state index in [1.165, 1.54) is 17.0 Å². The molecule has 0 atom stereocenters. The van der Waals surface area contributed by atoms with Crippen LogP contribution >= 0.6 is 0 Å². The molecule has 0 fully saturated rings. The molecule has 3 rings (SSSR count). The number of imidazole rings is 1. The standard InChI is InChI=1S/C15H12FN3O/c16-13-3-1-2-11-4-5-12(18-15(11)13)6-7-14(20)19-9-8-17-10-19/h1-5,8-10H,6-7H2. The third-order valence-electron chi connectivity index (χ3n) is 3.12. The molecule has 0 spiro atoms. The molecule has 0 amide bonds. The third-order valence-corrected chi connectivity index (χ3v) is 3.12. The molecule has 2 heterocycles. The number of aromatic nitrogens is 3. The maximum absolute atomic E-state index is 13.6. The zero-order chi connectivity index (χ0) is 13.9. The molecule has 0 saturated carbocycles. The van der Waals surface area contributed by atoms with Crippen molar-refractivity contribution < 1.29 is 9.18 Å². The van der Waals surface area contributed by atoms with Crippen LogP contribution in [0.2, 0.25) is 0 Å². The number of hydrogen-bond donors (Lipinski definition) is 0. The number of rotatable bonds is 3. The summed E-state index contributed by atoms with van der Waals surface area (Å²) in [6, 6.07) is 8.49. The highest BCUT2D eigenvalue weighted by Crippen LogP contribution is 2.16. The number of hydrogen-bond acceptors (Lipinski definition) is 3. The molecule has 0 radical (unpaired) electrons. The molecule has 5 heteroatoms. The van der Waals surface area contributed by atoms with Crippen LogP contribution in [0.4, 0.5) is 4.39 Å². The van der Waals surface area contributed by atoms with E-state index < -0.39 is 0 Å². The smallest absolute Gasteiger partial charge is 0.232 e. The summed E-state index contributed by atoms with van der Waals surface area (Å²) in [5.74, 6) is -0.400. The minimum absolute atomic E-state index is 0.0575. The van der Waals surface area contributed by atoms with Crippen LogP contribution in [0.3, 0.4) is 0 Å². The van der Waals surface area contributed by atoms with E-state index in [4.69, 9.17) is 0 Å². The zero-order valence-electron chi connectivity index (χ0n) is 10.7. The van der Waals surface area contributed by atoms with Gasteiger partial charge in [0.25, 0.3) is 0 Å². The molecular formula is C15H12FN3O. The van der Waals surface area contributed by atoms with Gasteiger partial charge in [0.05, 0.1) is 0 Å². The van der Waals surface area contributed by atoms with Gasteiger partial charge in [-0.3, -0.25) is 9.36 Å². The molecule has 0 aliphatic heterocycles. The van der Waals surface area contributed by atoms with Gasteiger partial charge in [0.2, 0.25) is 5.91 Å². The van der Waals surface area contributed by atoms with Gasteiger partial charge in [-0.1, -0.05) is 18.2 Å². The van der Waals surface area contributed by atoms with Crippen molar-refractivity contribution >= 4 is 16.8 Å². The molecule has 0 bridgehead atoms. The van der Waals surface area contributed by atoms with Gasteiger partial charge < -0.3 is 0 Å². The maximum Gasteiger partial charge on any atom is 0.232 e. The number of fused-ring (bicyclic) bond motifs is 1. The highest BCUT2D eigenvalue weighted by Gasteiger charge is 2.07. The lowest BCUT2D eigenvalue weighted by Gasteiger charge is -2.04. The summed E-state index contributed by atoms with van der Waals surface area (Å²) in [4.78, 5) is 19.9. The number of para-hydroxylation sites is 1. The first kappa shape index (κ1) is 12.5. The first-order chi connectivity index (χ1) is 9.74. The molecule has 0 N–H and O–H groups in total. The van der Waals surface area contributed by atoms with E-state index >= 15 is 0 Å². The number of halogens is 1. The van der Waals surface area contributed by atoms with Crippen molar-refractivity contribution in [3.05, 3.63) is 60.6 Å². The van der Waals surface area contributed by atoms with Gasteiger partial charge in [0, 0.05) is 29.9 Å². The second-order valence-corrected chi connectivity index (χ2v) is 4.48. The minimum atomic E-state index is -0.342. The number of pyridine rings is 1. The van der Waals surface area contributed by atoms with Gasteiger partial charge in [0.15, 0.2) is 0 Å². The van der Waals surface area contributed by atoms with Crippen LogP contribution in [0.5, 0.6) is 0 Å². The summed E-state index contributed by atoms with van der Waals surface area (Å²) >= 11 is 0. The molecule has 4 nitrogen and oxygen atoms in total. The Morgan fingerprint density at radius 1 is 1.25 bits per heavy atom. The number of aryl methyl sites for hydroxylation is 1. The van der Waals surface area contributed by atoms with Crippen LogP contribution in [0.15, 0.2) is 49.1 Å². The molecular weight excluding hydrogens is 257 g/mol. The van der Waals surface area contributed by atoms with E-state index in [0.717, 1.165) is 5.39 Å². The van der Waals surface area contributed by atoms with Gasteiger partial charge in [0.1, 0.15) is 17.7 Å². The Morgan fingerprint density at radius 2 is 2.15 bits per heavy atom. The van der Waals surface area contributed by atoms with Crippen molar-refractivity contribution in [2.75, 3.05) is 0 Å². The van der Waals surface area contributed by atoms with Gasteiger partial charge in [-0.15, -0.1) is 0 Å². The Labute approximate surface area is 114 Å². The number of carbonyl (C=O) groups excluding carboxylic acids is 1. The number of benzene rings is 1. The van der Waals surface area contributed by atoms with Crippen molar-refractivity contribution in [3.63, 3.8) is 0 Å². The molecule has 20 heavy (non-hydrogen) atoms. The Morgan fingerprint density at radius 3 is 2.95 bits per heavy atom. The Balaban J connectivity index is 1.78. The topological polar surface area (TPSA) is 47.8 Å². The Hall–Kier alpha value is -2.56. The fourth-order valence-corrected chi connectivity index (χ4v) is 2.06. The monoisotopic (exact) mass is 269 g/mol. The maximum atomic E-state index is 13.6. The largest absolute Gasteiger partial charge is 0.276 e. The zero-order valence-corrected chi connectivity index (χ0v) is 10.7. The fraction of sp³-hybridized carbons (Fsp3) is 0.133. The van der Waals surface area contributed by atoms with Crippen molar-refractivity contribution in [2.45, 2.75) is 12.8 Å². The second-order valence-electron chi connectivity index (χ2n) is 4.48. The molecule has 3 aromatic rings. The minimum Gasteiger partial charge on any atom is -0.276 e. The van der Waals surface area contributed by atoms with Gasteiger partial charge in [-0.05, 0) is 18.6 Å². The molecule has 0 aliphatic carbocycles. The average Bonchev–Trinajstić information content (AvgIpc) is 3.00. The molecule has 1 aromatic carbocycles. The average molecular weight is 269 g/mol. The summed E-state index contributed by atoms with van der Waals surface area (Å²) in [5.41, 5.74) is 1.05.